The smallest absolute Gasteiger partial charge is 0.275 e. The first-order chi connectivity index (χ1) is 10.6. The van der Waals surface area contributed by atoms with E-state index in [0.717, 1.165) is 0 Å². The second-order valence-electron chi connectivity index (χ2n) is 4.33. The number of ether oxygens (including phenoxy) is 1. The summed E-state index contributed by atoms with van der Waals surface area (Å²) in [5.41, 5.74) is 3.18. The number of amides is 1. The van der Waals surface area contributed by atoms with Crippen molar-refractivity contribution in [1.82, 2.24) is 5.43 Å². The second-order valence-corrected chi connectivity index (χ2v) is 4.77. The molecule has 0 heterocycles. The molecule has 0 aromatic heterocycles. The van der Waals surface area contributed by atoms with Gasteiger partial charge in [-0.2, -0.15) is 5.10 Å². The standard InChI is InChI=1S/C16H15ClN2O3/c1-2-22-15-6-4-3-5-13(15)16(21)19-18-10-11-9-12(17)7-8-14(11)20/h3-10,20H,2H2,1H3,(H,19,21)/b18-10-. The van der Waals surface area contributed by atoms with Gasteiger partial charge >= 0.3 is 0 Å². The van der Waals surface area contributed by atoms with Crippen LogP contribution in [0, 0.1) is 0 Å². The topological polar surface area (TPSA) is 70.9 Å². The van der Waals surface area contributed by atoms with Gasteiger partial charge in [0.2, 0.25) is 0 Å². The van der Waals surface area contributed by atoms with Gasteiger partial charge in [0.25, 0.3) is 5.91 Å². The van der Waals surface area contributed by atoms with Crippen LogP contribution in [-0.2, 0) is 0 Å². The Morgan fingerprint density at radius 2 is 2.14 bits per heavy atom. The number of phenolic OH excluding ortho intramolecular Hbond substituents is 1. The molecule has 2 N–H and O–H groups in total. The maximum atomic E-state index is 12.1. The fourth-order valence-electron chi connectivity index (χ4n) is 1.79. The molecule has 0 saturated carbocycles. The third-order valence-corrected chi connectivity index (χ3v) is 3.03. The Morgan fingerprint density at radius 3 is 2.91 bits per heavy atom. The van der Waals surface area contributed by atoms with Crippen LogP contribution in [0.2, 0.25) is 5.02 Å². The van der Waals surface area contributed by atoms with Crippen molar-refractivity contribution in [3.05, 3.63) is 58.6 Å². The van der Waals surface area contributed by atoms with Gasteiger partial charge in [-0.25, -0.2) is 5.43 Å². The van der Waals surface area contributed by atoms with E-state index < -0.39 is 5.91 Å². The zero-order chi connectivity index (χ0) is 15.9. The maximum Gasteiger partial charge on any atom is 0.275 e. The van der Waals surface area contributed by atoms with E-state index in [9.17, 15) is 9.90 Å². The third-order valence-electron chi connectivity index (χ3n) is 2.79. The molecular formula is C16H15ClN2O3. The molecule has 5 nitrogen and oxygen atoms in total. The van der Waals surface area contributed by atoms with Crippen LogP contribution in [0.25, 0.3) is 0 Å². The number of para-hydroxylation sites is 1. The van der Waals surface area contributed by atoms with Crippen LogP contribution in [0.5, 0.6) is 11.5 Å². The van der Waals surface area contributed by atoms with E-state index in [-0.39, 0.29) is 5.75 Å². The Bertz CT molecular complexity index is 702. The number of hydrogen-bond donors (Lipinski definition) is 2. The molecule has 2 rings (SSSR count). The fraction of sp³-hybridized carbons (Fsp3) is 0.125. The number of aromatic hydroxyl groups is 1. The highest BCUT2D eigenvalue weighted by atomic mass is 35.5. The SMILES string of the molecule is CCOc1ccccc1C(=O)N/N=C\c1cc(Cl)ccc1O. The van der Waals surface area contributed by atoms with E-state index in [1.54, 1.807) is 36.4 Å². The van der Waals surface area contributed by atoms with Crippen molar-refractivity contribution >= 4 is 23.7 Å². The van der Waals surface area contributed by atoms with E-state index in [0.29, 0.717) is 28.5 Å². The minimum Gasteiger partial charge on any atom is -0.507 e. The van der Waals surface area contributed by atoms with E-state index in [1.165, 1.54) is 12.3 Å². The molecule has 0 aliphatic heterocycles. The van der Waals surface area contributed by atoms with Gasteiger partial charge in [-0.15, -0.1) is 0 Å². The molecule has 2 aromatic carbocycles. The minimum atomic E-state index is -0.401. The lowest BCUT2D eigenvalue weighted by molar-refractivity contribution is 0.0951. The van der Waals surface area contributed by atoms with Crippen molar-refractivity contribution in [3.63, 3.8) is 0 Å². The Labute approximate surface area is 133 Å². The fourth-order valence-corrected chi connectivity index (χ4v) is 1.97. The summed E-state index contributed by atoms with van der Waals surface area (Å²) in [5.74, 6) is 0.113. The van der Waals surface area contributed by atoms with Crippen LogP contribution >= 0.6 is 11.6 Å². The van der Waals surface area contributed by atoms with Gasteiger partial charge in [-0.1, -0.05) is 23.7 Å². The van der Waals surface area contributed by atoms with Crippen LogP contribution in [0.3, 0.4) is 0 Å². The van der Waals surface area contributed by atoms with Crippen molar-refractivity contribution in [3.8, 4) is 11.5 Å². The minimum absolute atomic E-state index is 0.0251. The number of rotatable bonds is 5. The monoisotopic (exact) mass is 318 g/mol. The first-order valence-corrected chi connectivity index (χ1v) is 7.03. The van der Waals surface area contributed by atoms with E-state index in [2.05, 4.69) is 10.5 Å². The molecule has 2 aromatic rings. The molecule has 114 valence electrons. The van der Waals surface area contributed by atoms with Crippen molar-refractivity contribution in [2.45, 2.75) is 6.92 Å². The van der Waals surface area contributed by atoms with Crippen LogP contribution < -0.4 is 10.2 Å². The van der Waals surface area contributed by atoms with E-state index in [1.807, 2.05) is 6.92 Å². The number of carbonyl (C=O) groups is 1. The highest BCUT2D eigenvalue weighted by molar-refractivity contribution is 6.30. The lowest BCUT2D eigenvalue weighted by Crippen LogP contribution is -2.18. The summed E-state index contributed by atoms with van der Waals surface area (Å²) in [4.78, 5) is 12.1. The Kier molecular flexibility index (Phi) is 5.38. The van der Waals surface area contributed by atoms with Crippen molar-refractivity contribution in [1.29, 1.82) is 0 Å². The van der Waals surface area contributed by atoms with Crippen molar-refractivity contribution in [2.75, 3.05) is 6.61 Å². The van der Waals surface area contributed by atoms with Gasteiger partial charge in [0, 0.05) is 10.6 Å². The quantitative estimate of drug-likeness (QED) is 0.657. The van der Waals surface area contributed by atoms with Gasteiger partial charge in [0.15, 0.2) is 0 Å². The number of benzene rings is 2. The van der Waals surface area contributed by atoms with Crippen molar-refractivity contribution in [2.24, 2.45) is 5.10 Å². The first kappa shape index (κ1) is 15.9. The Morgan fingerprint density at radius 1 is 1.36 bits per heavy atom. The average molecular weight is 319 g/mol. The summed E-state index contributed by atoms with van der Waals surface area (Å²) in [6.07, 6.45) is 1.32. The summed E-state index contributed by atoms with van der Waals surface area (Å²) in [6, 6.07) is 11.4. The zero-order valence-electron chi connectivity index (χ0n) is 11.9. The summed E-state index contributed by atoms with van der Waals surface area (Å²) in [5, 5.41) is 13.9. The number of halogens is 1. The number of nitrogens with one attached hydrogen (secondary N) is 1. The molecule has 0 saturated heterocycles. The second kappa shape index (κ2) is 7.47. The summed E-state index contributed by atoms with van der Waals surface area (Å²) in [6.45, 7) is 2.30. The Balaban J connectivity index is 2.10. The molecule has 0 radical (unpaired) electrons. The molecule has 0 aliphatic rings. The van der Waals surface area contributed by atoms with Gasteiger partial charge in [0.1, 0.15) is 11.5 Å². The number of phenols is 1. The van der Waals surface area contributed by atoms with Gasteiger partial charge < -0.3 is 9.84 Å². The van der Waals surface area contributed by atoms with Crippen molar-refractivity contribution < 1.29 is 14.6 Å². The number of carbonyl (C=O) groups excluding carboxylic acids is 1. The van der Waals surface area contributed by atoms with Gasteiger partial charge in [0.05, 0.1) is 18.4 Å². The largest absolute Gasteiger partial charge is 0.507 e. The third kappa shape index (κ3) is 3.99. The number of hydrogen-bond acceptors (Lipinski definition) is 4. The number of hydrazone groups is 1. The molecule has 0 atom stereocenters. The molecule has 0 unspecified atom stereocenters. The Hall–Kier alpha value is -2.53. The number of nitrogens with zero attached hydrogens (tertiary/aromatic N) is 1. The molecule has 0 fully saturated rings. The molecule has 6 heteroatoms. The van der Waals surface area contributed by atoms with Gasteiger partial charge in [-0.05, 0) is 37.3 Å². The lowest BCUT2D eigenvalue weighted by Gasteiger charge is -2.08. The highest BCUT2D eigenvalue weighted by Gasteiger charge is 2.10. The van der Waals surface area contributed by atoms with Gasteiger partial charge in [-0.3, -0.25) is 4.79 Å². The molecule has 0 spiro atoms. The summed E-state index contributed by atoms with van der Waals surface area (Å²) >= 11 is 5.83. The van der Waals surface area contributed by atoms with Crippen LogP contribution in [0.15, 0.2) is 47.6 Å². The predicted molar refractivity (Wildman–Crippen MR) is 85.8 cm³/mol. The molecule has 22 heavy (non-hydrogen) atoms. The molecule has 0 aliphatic carbocycles. The lowest BCUT2D eigenvalue weighted by atomic mass is 10.2. The first-order valence-electron chi connectivity index (χ1n) is 6.65. The average Bonchev–Trinajstić information content (AvgIpc) is 2.51. The van der Waals surface area contributed by atoms with Crippen LogP contribution in [0.4, 0.5) is 0 Å². The molecular weight excluding hydrogens is 304 g/mol. The molecule has 0 bridgehead atoms. The molecule has 1 amide bonds. The normalized spacial score (nSPS) is 10.6. The highest BCUT2D eigenvalue weighted by Crippen LogP contribution is 2.20. The maximum absolute atomic E-state index is 12.1. The van der Waals surface area contributed by atoms with Crippen LogP contribution in [0.1, 0.15) is 22.8 Å². The predicted octanol–water partition coefficient (Wildman–Crippen LogP) is 3.21. The van der Waals surface area contributed by atoms with Crippen LogP contribution in [-0.4, -0.2) is 23.8 Å². The summed E-state index contributed by atoms with van der Waals surface area (Å²) < 4.78 is 5.39. The summed E-state index contributed by atoms with van der Waals surface area (Å²) in [7, 11) is 0. The zero-order valence-corrected chi connectivity index (χ0v) is 12.7. The van der Waals surface area contributed by atoms with E-state index >= 15 is 0 Å². The van der Waals surface area contributed by atoms with E-state index in [4.69, 9.17) is 16.3 Å².